The molecule has 1 N–H and O–H groups in total. The summed E-state index contributed by atoms with van der Waals surface area (Å²) in [5.74, 6) is -3.28. The van der Waals surface area contributed by atoms with E-state index in [9.17, 15) is 28.9 Å². The van der Waals surface area contributed by atoms with E-state index in [0.717, 1.165) is 17.6 Å². The number of nitro benzene ring substituents is 1. The number of anilines is 1. The highest BCUT2D eigenvalue weighted by molar-refractivity contribution is 6.07. The summed E-state index contributed by atoms with van der Waals surface area (Å²) < 4.78 is 19.2. The maximum atomic E-state index is 13.8. The Morgan fingerprint density at radius 3 is 2.49 bits per heavy atom. The molecular formula is C24H19FN4O6. The molecule has 1 saturated heterocycles. The highest BCUT2D eigenvalue weighted by Crippen LogP contribution is 2.52. The normalized spacial score (nSPS) is 24.3. The largest absolute Gasteiger partial charge is 0.476 e. The van der Waals surface area contributed by atoms with Crippen LogP contribution in [0, 0.1) is 39.6 Å². The average Bonchev–Trinajstić information content (AvgIpc) is 3.52. The number of carbonyl (C=O) groups is 3. The lowest BCUT2D eigenvalue weighted by Crippen LogP contribution is -2.28. The molecule has 0 spiro atoms. The van der Waals surface area contributed by atoms with Gasteiger partial charge in [0.25, 0.3) is 17.7 Å². The van der Waals surface area contributed by atoms with E-state index in [1.54, 1.807) is 0 Å². The third-order valence-electron chi connectivity index (χ3n) is 6.48. The summed E-state index contributed by atoms with van der Waals surface area (Å²) in [6.45, 7) is -0.652. The van der Waals surface area contributed by atoms with Crippen molar-refractivity contribution in [3.63, 3.8) is 0 Å². The second-order valence-corrected chi connectivity index (χ2v) is 8.50. The summed E-state index contributed by atoms with van der Waals surface area (Å²) in [5.41, 5.74) is -0.409. The van der Waals surface area contributed by atoms with Crippen molar-refractivity contribution >= 4 is 35.3 Å². The van der Waals surface area contributed by atoms with Crippen LogP contribution in [0.4, 0.5) is 15.8 Å². The van der Waals surface area contributed by atoms with Crippen LogP contribution in [0.5, 0.6) is 5.75 Å². The first kappa shape index (κ1) is 22.4. The number of nitro groups is 1. The van der Waals surface area contributed by atoms with E-state index in [1.807, 2.05) is 12.2 Å². The highest BCUT2D eigenvalue weighted by atomic mass is 19.1. The Balaban J connectivity index is 1.35. The number of nitrogens with zero attached hydrogens (tertiary/aromatic N) is 3. The number of imide groups is 1. The number of hydrogen-bond acceptors (Lipinski definition) is 7. The number of benzene rings is 2. The number of allylic oxidation sites excluding steroid dienone is 2. The van der Waals surface area contributed by atoms with Crippen molar-refractivity contribution in [2.24, 2.45) is 28.8 Å². The Morgan fingerprint density at radius 1 is 1.14 bits per heavy atom. The minimum atomic E-state index is -0.739. The number of carbonyl (C=O) groups excluding carboxylic acids is 3. The summed E-state index contributed by atoms with van der Waals surface area (Å²) in [7, 11) is 0. The fraction of sp³-hybridized carbons (Fsp3) is 0.250. The van der Waals surface area contributed by atoms with Gasteiger partial charge in [-0.05, 0) is 36.5 Å². The molecule has 5 rings (SSSR count). The lowest BCUT2D eigenvalue weighted by molar-refractivity contribution is -0.385. The minimum Gasteiger partial charge on any atom is -0.476 e. The molecule has 2 bridgehead atoms. The highest BCUT2D eigenvalue weighted by Gasteiger charge is 2.59. The maximum Gasteiger partial charge on any atom is 0.311 e. The van der Waals surface area contributed by atoms with Crippen LogP contribution in [-0.4, -0.2) is 40.5 Å². The van der Waals surface area contributed by atoms with E-state index < -0.39 is 52.6 Å². The Bertz CT molecular complexity index is 1280. The number of nitrogens with one attached hydrogen (secondary N) is 1. The van der Waals surface area contributed by atoms with Crippen LogP contribution < -0.4 is 10.1 Å². The van der Waals surface area contributed by atoms with Crippen molar-refractivity contribution in [3.8, 4) is 5.75 Å². The minimum absolute atomic E-state index is 0.0197. The Hall–Kier alpha value is -4.41. The topological polar surface area (TPSA) is 131 Å². The standard InChI is InChI=1S/C24H19FN4O6/c25-16-5-1-2-6-17(16)27-19(30)12-35-22-15(4-3-7-18(22)29(33)34)11-26-28-23(31)20-13-8-9-14(10-13)21(20)24(28)32/h1-9,11,13-14,20-21H,10,12H2,(H,27,30)/t13-,14-,20-,21+/m0/s1. The Labute approximate surface area is 198 Å². The van der Waals surface area contributed by atoms with Gasteiger partial charge in [-0.3, -0.25) is 24.5 Å². The average molecular weight is 478 g/mol. The van der Waals surface area contributed by atoms with Crippen LogP contribution in [0.1, 0.15) is 12.0 Å². The van der Waals surface area contributed by atoms with Crippen molar-refractivity contribution in [2.45, 2.75) is 6.42 Å². The fourth-order valence-electron chi connectivity index (χ4n) is 4.95. The molecule has 0 unspecified atom stereocenters. The fourth-order valence-corrected chi connectivity index (χ4v) is 4.95. The van der Waals surface area contributed by atoms with Crippen LogP contribution in [-0.2, 0) is 14.4 Å². The second-order valence-electron chi connectivity index (χ2n) is 8.50. The zero-order valence-corrected chi connectivity index (χ0v) is 18.2. The zero-order valence-electron chi connectivity index (χ0n) is 18.2. The SMILES string of the molecule is O=C(COc1c(C=NN2C(=O)[C@@H]3[C@H](C2=O)[C@H]2C=C[C@H]3C2)cccc1[N+](=O)[O-])Nc1ccccc1F. The quantitative estimate of drug-likeness (QED) is 0.214. The monoisotopic (exact) mass is 478 g/mol. The molecule has 178 valence electrons. The van der Waals surface area contributed by atoms with Gasteiger partial charge in [-0.2, -0.15) is 10.1 Å². The summed E-state index contributed by atoms with van der Waals surface area (Å²) >= 11 is 0. The molecule has 4 atom stereocenters. The van der Waals surface area contributed by atoms with Crippen LogP contribution in [0.3, 0.4) is 0 Å². The molecule has 3 aliphatic rings. The first-order valence-corrected chi connectivity index (χ1v) is 10.9. The van der Waals surface area contributed by atoms with Crippen molar-refractivity contribution < 1.29 is 28.4 Å². The van der Waals surface area contributed by atoms with E-state index in [0.29, 0.717) is 0 Å². The number of halogens is 1. The van der Waals surface area contributed by atoms with E-state index >= 15 is 0 Å². The zero-order chi connectivity index (χ0) is 24.7. The molecule has 2 aromatic carbocycles. The third-order valence-corrected chi connectivity index (χ3v) is 6.48. The summed E-state index contributed by atoms with van der Waals surface area (Å²) in [6, 6.07) is 9.54. The predicted molar refractivity (Wildman–Crippen MR) is 121 cm³/mol. The van der Waals surface area contributed by atoms with E-state index in [1.165, 1.54) is 42.5 Å². The number of para-hydroxylation sites is 2. The first-order chi connectivity index (χ1) is 16.8. The molecule has 2 aromatic rings. The molecule has 10 nitrogen and oxygen atoms in total. The molecule has 0 radical (unpaired) electrons. The second kappa shape index (κ2) is 8.75. The van der Waals surface area contributed by atoms with Gasteiger partial charge in [0, 0.05) is 11.6 Å². The van der Waals surface area contributed by atoms with Gasteiger partial charge in [0.1, 0.15) is 5.82 Å². The van der Waals surface area contributed by atoms with Gasteiger partial charge >= 0.3 is 5.69 Å². The molecule has 3 amide bonds. The molecule has 35 heavy (non-hydrogen) atoms. The number of ether oxygens (including phenoxy) is 1. The number of hydrazone groups is 1. The first-order valence-electron chi connectivity index (χ1n) is 10.9. The van der Waals surface area contributed by atoms with Crippen molar-refractivity contribution in [1.29, 1.82) is 0 Å². The lowest BCUT2D eigenvalue weighted by atomic mass is 9.85. The van der Waals surface area contributed by atoms with Crippen LogP contribution >= 0.6 is 0 Å². The van der Waals surface area contributed by atoms with Crippen molar-refractivity contribution in [2.75, 3.05) is 11.9 Å². The van der Waals surface area contributed by atoms with Crippen molar-refractivity contribution in [3.05, 3.63) is 76.1 Å². The summed E-state index contributed by atoms with van der Waals surface area (Å²) in [4.78, 5) is 48.7. The van der Waals surface area contributed by atoms with Gasteiger partial charge in [-0.25, -0.2) is 4.39 Å². The Morgan fingerprint density at radius 2 is 1.83 bits per heavy atom. The number of amides is 3. The number of hydrogen-bond donors (Lipinski definition) is 1. The summed E-state index contributed by atoms with van der Waals surface area (Å²) in [5, 5.41) is 18.7. The van der Waals surface area contributed by atoms with Gasteiger partial charge in [-0.15, -0.1) is 0 Å². The molecule has 2 aliphatic carbocycles. The van der Waals surface area contributed by atoms with Crippen LogP contribution in [0.25, 0.3) is 0 Å². The lowest BCUT2D eigenvalue weighted by Gasteiger charge is -2.13. The van der Waals surface area contributed by atoms with Crippen LogP contribution in [0.2, 0.25) is 0 Å². The smallest absolute Gasteiger partial charge is 0.311 e. The van der Waals surface area contributed by atoms with Crippen LogP contribution in [0.15, 0.2) is 59.7 Å². The predicted octanol–water partition coefficient (Wildman–Crippen LogP) is 2.89. The molecule has 2 fully saturated rings. The van der Waals surface area contributed by atoms with Crippen molar-refractivity contribution in [1.82, 2.24) is 5.01 Å². The maximum absolute atomic E-state index is 13.8. The molecule has 1 aliphatic heterocycles. The molecule has 1 saturated carbocycles. The number of rotatable bonds is 7. The van der Waals surface area contributed by atoms with Gasteiger partial charge < -0.3 is 10.1 Å². The van der Waals surface area contributed by atoms with Gasteiger partial charge in [0.05, 0.1) is 28.7 Å². The Kier molecular flexibility index (Phi) is 5.59. The van der Waals surface area contributed by atoms with E-state index in [-0.39, 0.29) is 28.8 Å². The van der Waals surface area contributed by atoms with Gasteiger partial charge in [-0.1, -0.05) is 30.4 Å². The summed E-state index contributed by atoms with van der Waals surface area (Å²) in [6.07, 6.45) is 5.83. The van der Waals surface area contributed by atoms with Gasteiger partial charge in [0.2, 0.25) is 5.75 Å². The van der Waals surface area contributed by atoms with E-state index in [4.69, 9.17) is 4.74 Å². The van der Waals surface area contributed by atoms with E-state index in [2.05, 4.69) is 10.4 Å². The van der Waals surface area contributed by atoms with Gasteiger partial charge in [0.15, 0.2) is 6.61 Å². The third kappa shape index (κ3) is 3.94. The molecule has 1 heterocycles. The number of fused-ring (bicyclic) bond motifs is 5. The molecule has 11 heteroatoms. The molecular weight excluding hydrogens is 459 g/mol. The molecule has 0 aromatic heterocycles.